The van der Waals surface area contributed by atoms with Gasteiger partial charge in [-0.15, -0.1) is 0 Å². The van der Waals surface area contributed by atoms with Gasteiger partial charge in [-0.25, -0.2) is 0 Å². The molecule has 1 fully saturated rings. The molecule has 2 rings (SSSR count). The molecule has 0 amide bonds. The van der Waals surface area contributed by atoms with Crippen LogP contribution in [-0.2, 0) is 0 Å². The lowest BCUT2D eigenvalue weighted by Gasteiger charge is -2.32. The van der Waals surface area contributed by atoms with Crippen LogP contribution < -0.4 is 10.1 Å². The first kappa shape index (κ1) is 15.3. The van der Waals surface area contributed by atoms with Gasteiger partial charge in [0, 0.05) is 13.1 Å². The molecule has 1 N–H and O–H groups in total. The summed E-state index contributed by atoms with van der Waals surface area (Å²) < 4.78 is 6.01. The Hall–Kier alpha value is -1.06. The number of hydrogen-bond acceptors (Lipinski definition) is 3. The first-order valence-corrected chi connectivity index (χ1v) is 7.76. The second kappa shape index (κ2) is 7.65. The molecular weight excluding hydrogens is 248 g/mol. The maximum absolute atomic E-state index is 6.01. The van der Waals surface area contributed by atoms with Crippen LogP contribution in [0.25, 0.3) is 0 Å². The number of aryl methyl sites for hydroxylation is 2. The van der Waals surface area contributed by atoms with Gasteiger partial charge >= 0.3 is 0 Å². The molecule has 3 nitrogen and oxygen atoms in total. The van der Waals surface area contributed by atoms with Crippen LogP contribution >= 0.6 is 0 Å². The van der Waals surface area contributed by atoms with E-state index in [1.54, 1.807) is 0 Å². The first-order valence-electron chi connectivity index (χ1n) is 7.76. The summed E-state index contributed by atoms with van der Waals surface area (Å²) in [5.74, 6) is 1.87. The van der Waals surface area contributed by atoms with E-state index in [2.05, 4.69) is 42.3 Å². The fraction of sp³-hybridized carbons (Fsp3) is 0.647. The highest BCUT2D eigenvalue weighted by atomic mass is 16.5. The summed E-state index contributed by atoms with van der Waals surface area (Å²) in [6.07, 6.45) is 2.67. The number of benzene rings is 1. The van der Waals surface area contributed by atoms with E-state index in [0.29, 0.717) is 0 Å². The highest BCUT2D eigenvalue weighted by molar-refractivity contribution is 5.39. The molecule has 1 atom stereocenters. The highest BCUT2D eigenvalue weighted by Gasteiger charge is 2.19. The number of piperidine rings is 1. The second-order valence-corrected chi connectivity index (χ2v) is 5.94. The SMILES string of the molecule is CNCC1CCCN(CCOc2c(C)cccc2C)C1. The number of ether oxygens (including phenoxy) is 1. The molecule has 0 aliphatic carbocycles. The van der Waals surface area contributed by atoms with Crippen LogP contribution in [0.2, 0.25) is 0 Å². The largest absolute Gasteiger partial charge is 0.492 e. The summed E-state index contributed by atoms with van der Waals surface area (Å²) in [5, 5.41) is 3.30. The summed E-state index contributed by atoms with van der Waals surface area (Å²) in [6, 6.07) is 6.32. The van der Waals surface area contributed by atoms with Crippen molar-refractivity contribution in [2.24, 2.45) is 5.92 Å². The molecule has 1 aromatic rings. The number of nitrogens with zero attached hydrogens (tertiary/aromatic N) is 1. The van der Waals surface area contributed by atoms with Crippen molar-refractivity contribution in [3.05, 3.63) is 29.3 Å². The van der Waals surface area contributed by atoms with Gasteiger partial charge in [0.15, 0.2) is 0 Å². The number of hydrogen-bond donors (Lipinski definition) is 1. The number of rotatable bonds is 6. The minimum atomic E-state index is 0.790. The van der Waals surface area contributed by atoms with Crippen LogP contribution in [0.15, 0.2) is 18.2 Å². The number of nitrogens with one attached hydrogen (secondary N) is 1. The summed E-state index contributed by atoms with van der Waals surface area (Å²) >= 11 is 0. The quantitative estimate of drug-likeness (QED) is 0.864. The maximum Gasteiger partial charge on any atom is 0.125 e. The molecule has 3 heteroatoms. The first-order chi connectivity index (χ1) is 9.70. The molecule has 1 aromatic carbocycles. The Kier molecular flexibility index (Phi) is 5.86. The van der Waals surface area contributed by atoms with E-state index < -0.39 is 0 Å². The Bertz CT molecular complexity index is 397. The molecule has 0 saturated carbocycles. The van der Waals surface area contributed by atoms with Gasteiger partial charge < -0.3 is 10.1 Å². The molecular formula is C17H28N2O. The van der Waals surface area contributed by atoms with Gasteiger partial charge in [-0.1, -0.05) is 18.2 Å². The Balaban J connectivity index is 1.78. The molecule has 112 valence electrons. The van der Waals surface area contributed by atoms with Crippen molar-refractivity contribution in [2.75, 3.05) is 39.8 Å². The van der Waals surface area contributed by atoms with Crippen LogP contribution in [-0.4, -0.2) is 44.7 Å². The summed E-state index contributed by atoms with van der Waals surface area (Å²) in [5.41, 5.74) is 2.47. The van der Waals surface area contributed by atoms with Crippen molar-refractivity contribution in [3.8, 4) is 5.75 Å². The van der Waals surface area contributed by atoms with E-state index in [-0.39, 0.29) is 0 Å². The average molecular weight is 276 g/mol. The van der Waals surface area contributed by atoms with Crippen molar-refractivity contribution in [2.45, 2.75) is 26.7 Å². The van der Waals surface area contributed by atoms with Gasteiger partial charge in [-0.05, 0) is 63.9 Å². The highest BCUT2D eigenvalue weighted by Crippen LogP contribution is 2.22. The normalized spacial score (nSPS) is 20.1. The van der Waals surface area contributed by atoms with Crippen LogP contribution in [0.1, 0.15) is 24.0 Å². The molecule has 0 bridgehead atoms. The van der Waals surface area contributed by atoms with Gasteiger partial charge in [-0.2, -0.15) is 0 Å². The molecule has 1 unspecified atom stereocenters. The summed E-state index contributed by atoms with van der Waals surface area (Å²) in [7, 11) is 2.04. The van der Waals surface area contributed by atoms with Crippen molar-refractivity contribution >= 4 is 0 Å². The van der Waals surface area contributed by atoms with Crippen molar-refractivity contribution in [1.29, 1.82) is 0 Å². The molecule has 1 aliphatic rings. The standard InChI is InChI=1S/C17H28N2O/c1-14-6-4-7-15(2)17(14)20-11-10-19-9-5-8-16(13-19)12-18-3/h4,6-7,16,18H,5,8-13H2,1-3H3. The van der Waals surface area contributed by atoms with Crippen LogP contribution in [0.3, 0.4) is 0 Å². The van der Waals surface area contributed by atoms with E-state index in [9.17, 15) is 0 Å². The Labute approximate surface area is 123 Å². The van der Waals surface area contributed by atoms with Gasteiger partial charge in [0.25, 0.3) is 0 Å². The summed E-state index contributed by atoms with van der Waals surface area (Å²) in [6.45, 7) is 9.62. The molecule has 1 heterocycles. The molecule has 1 saturated heterocycles. The zero-order valence-corrected chi connectivity index (χ0v) is 13.1. The van der Waals surface area contributed by atoms with E-state index in [0.717, 1.165) is 31.4 Å². The second-order valence-electron chi connectivity index (χ2n) is 5.94. The predicted molar refractivity (Wildman–Crippen MR) is 84.5 cm³/mol. The zero-order valence-electron chi connectivity index (χ0n) is 13.1. The van der Waals surface area contributed by atoms with E-state index >= 15 is 0 Å². The summed E-state index contributed by atoms with van der Waals surface area (Å²) in [4.78, 5) is 2.54. The molecule has 0 radical (unpaired) electrons. The van der Waals surface area contributed by atoms with Crippen molar-refractivity contribution < 1.29 is 4.74 Å². The predicted octanol–water partition coefficient (Wildman–Crippen LogP) is 2.61. The molecule has 0 spiro atoms. The maximum atomic E-state index is 6.01. The minimum Gasteiger partial charge on any atom is -0.492 e. The van der Waals surface area contributed by atoms with Gasteiger partial charge in [-0.3, -0.25) is 4.90 Å². The average Bonchev–Trinajstić information content (AvgIpc) is 2.43. The van der Waals surface area contributed by atoms with E-state index in [4.69, 9.17) is 4.74 Å². The lowest BCUT2D eigenvalue weighted by molar-refractivity contribution is 0.146. The number of para-hydroxylation sites is 1. The minimum absolute atomic E-state index is 0.790. The molecule has 0 aromatic heterocycles. The third-order valence-electron chi connectivity index (χ3n) is 4.16. The molecule has 1 aliphatic heterocycles. The monoisotopic (exact) mass is 276 g/mol. The topological polar surface area (TPSA) is 24.5 Å². The lowest BCUT2D eigenvalue weighted by atomic mass is 9.98. The smallest absolute Gasteiger partial charge is 0.125 e. The fourth-order valence-corrected chi connectivity index (χ4v) is 3.11. The van der Waals surface area contributed by atoms with Crippen molar-refractivity contribution in [3.63, 3.8) is 0 Å². The third kappa shape index (κ3) is 4.22. The van der Waals surface area contributed by atoms with Crippen LogP contribution in [0.5, 0.6) is 5.75 Å². The Morgan fingerprint density at radius 2 is 2.05 bits per heavy atom. The van der Waals surface area contributed by atoms with Gasteiger partial charge in [0.2, 0.25) is 0 Å². The van der Waals surface area contributed by atoms with Crippen LogP contribution in [0.4, 0.5) is 0 Å². The van der Waals surface area contributed by atoms with E-state index in [1.807, 2.05) is 7.05 Å². The van der Waals surface area contributed by atoms with Gasteiger partial charge in [0.05, 0.1) is 0 Å². The number of likely N-dealkylation sites (tertiary alicyclic amines) is 1. The fourth-order valence-electron chi connectivity index (χ4n) is 3.11. The van der Waals surface area contributed by atoms with Crippen LogP contribution in [0, 0.1) is 19.8 Å². The Morgan fingerprint density at radius 1 is 1.30 bits per heavy atom. The lowest BCUT2D eigenvalue weighted by Crippen LogP contribution is -2.40. The molecule has 20 heavy (non-hydrogen) atoms. The zero-order chi connectivity index (χ0) is 14.4. The third-order valence-corrected chi connectivity index (χ3v) is 4.16. The van der Waals surface area contributed by atoms with Gasteiger partial charge in [0.1, 0.15) is 12.4 Å². The van der Waals surface area contributed by atoms with E-state index in [1.165, 1.54) is 37.1 Å². The van der Waals surface area contributed by atoms with Crippen molar-refractivity contribution in [1.82, 2.24) is 10.2 Å². The Morgan fingerprint density at radius 3 is 2.75 bits per heavy atom.